The fourth-order valence-corrected chi connectivity index (χ4v) is 1.68. The molecular formula is C13H11ClFN. The molecule has 1 heterocycles. The van der Waals surface area contributed by atoms with Crippen molar-refractivity contribution >= 4 is 11.6 Å². The summed E-state index contributed by atoms with van der Waals surface area (Å²) in [4.78, 5) is 3.59. The van der Waals surface area contributed by atoms with Gasteiger partial charge in [-0.25, -0.2) is 4.98 Å². The highest BCUT2D eigenvalue weighted by atomic mass is 35.5. The summed E-state index contributed by atoms with van der Waals surface area (Å²) in [6.07, 6.45) is 0.974. The fourth-order valence-electron chi connectivity index (χ4n) is 1.55. The zero-order chi connectivity index (χ0) is 11.5. The van der Waals surface area contributed by atoms with Crippen LogP contribution in [0, 0.1) is 5.95 Å². The summed E-state index contributed by atoms with van der Waals surface area (Å²) in [7, 11) is 0. The van der Waals surface area contributed by atoms with Crippen LogP contribution < -0.4 is 0 Å². The van der Waals surface area contributed by atoms with Crippen molar-refractivity contribution in [2.45, 2.75) is 13.3 Å². The Labute approximate surface area is 98.9 Å². The van der Waals surface area contributed by atoms with Crippen LogP contribution in [0.25, 0.3) is 11.1 Å². The van der Waals surface area contributed by atoms with Crippen LogP contribution in [0.5, 0.6) is 0 Å². The van der Waals surface area contributed by atoms with E-state index >= 15 is 0 Å². The van der Waals surface area contributed by atoms with Crippen LogP contribution in [-0.2, 0) is 6.42 Å². The van der Waals surface area contributed by atoms with Crippen LogP contribution >= 0.6 is 11.6 Å². The number of aromatic nitrogens is 1. The van der Waals surface area contributed by atoms with Gasteiger partial charge in [0.2, 0.25) is 5.95 Å². The molecular weight excluding hydrogens is 225 g/mol. The SMILES string of the molecule is CCc1ccc(-c2ccc(Cl)nc2F)cc1. The topological polar surface area (TPSA) is 12.9 Å². The average Bonchev–Trinajstić information content (AvgIpc) is 2.29. The van der Waals surface area contributed by atoms with Crippen molar-refractivity contribution in [2.75, 3.05) is 0 Å². The van der Waals surface area contributed by atoms with E-state index in [1.807, 2.05) is 24.3 Å². The van der Waals surface area contributed by atoms with Crippen molar-refractivity contribution < 1.29 is 4.39 Å². The van der Waals surface area contributed by atoms with Crippen molar-refractivity contribution in [3.63, 3.8) is 0 Å². The lowest BCUT2D eigenvalue weighted by Crippen LogP contribution is -1.89. The molecule has 0 bridgehead atoms. The van der Waals surface area contributed by atoms with Gasteiger partial charge < -0.3 is 0 Å². The fraction of sp³-hybridized carbons (Fsp3) is 0.154. The van der Waals surface area contributed by atoms with Crippen molar-refractivity contribution in [1.82, 2.24) is 4.98 Å². The predicted molar refractivity (Wildman–Crippen MR) is 64.0 cm³/mol. The Morgan fingerprint density at radius 1 is 1.12 bits per heavy atom. The molecule has 0 radical (unpaired) electrons. The molecule has 2 aromatic rings. The second-order valence-electron chi connectivity index (χ2n) is 3.52. The summed E-state index contributed by atoms with van der Waals surface area (Å²) in [6, 6.07) is 11.0. The lowest BCUT2D eigenvalue weighted by molar-refractivity contribution is 0.588. The minimum absolute atomic E-state index is 0.173. The maximum Gasteiger partial charge on any atom is 0.222 e. The Morgan fingerprint density at radius 3 is 2.38 bits per heavy atom. The van der Waals surface area contributed by atoms with Crippen molar-refractivity contribution in [3.05, 3.63) is 53.1 Å². The van der Waals surface area contributed by atoms with Gasteiger partial charge in [0.1, 0.15) is 5.15 Å². The molecule has 82 valence electrons. The molecule has 0 N–H and O–H groups in total. The number of pyridine rings is 1. The normalized spacial score (nSPS) is 10.4. The minimum atomic E-state index is -0.531. The van der Waals surface area contributed by atoms with Crippen molar-refractivity contribution in [3.8, 4) is 11.1 Å². The molecule has 0 amide bonds. The number of aryl methyl sites for hydroxylation is 1. The van der Waals surface area contributed by atoms with Gasteiger partial charge in [0.25, 0.3) is 0 Å². The molecule has 3 heteroatoms. The van der Waals surface area contributed by atoms with Gasteiger partial charge in [-0.2, -0.15) is 4.39 Å². The Morgan fingerprint density at radius 2 is 1.81 bits per heavy atom. The van der Waals surface area contributed by atoms with E-state index in [2.05, 4.69) is 11.9 Å². The standard InChI is InChI=1S/C13H11ClFN/c1-2-9-3-5-10(6-4-9)11-7-8-12(14)16-13(11)15/h3-8H,2H2,1H3. The van der Waals surface area contributed by atoms with Crippen LogP contribution in [0.3, 0.4) is 0 Å². The minimum Gasteiger partial charge on any atom is -0.207 e. The highest BCUT2D eigenvalue weighted by molar-refractivity contribution is 6.29. The molecule has 0 aliphatic carbocycles. The lowest BCUT2D eigenvalue weighted by atomic mass is 10.0. The quantitative estimate of drug-likeness (QED) is 0.714. The van der Waals surface area contributed by atoms with Gasteiger partial charge in [0, 0.05) is 5.56 Å². The number of benzene rings is 1. The summed E-state index contributed by atoms with van der Waals surface area (Å²) in [6.45, 7) is 2.08. The zero-order valence-corrected chi connectivity index (χ0v) is 9.63. The summed E-state index contributed by atoms with van der Waals surface area (Å²) < 4.78 is 13.5. The molecule has 1 aromatic carbocycles. The largest absolute Gasteiger partial charge is 0.222 e. The molecule has 0 aliphatic heterocycles. The Kier molecular flexibility index (Phi) is 3.20. The van der Waals surface area contributed by atoms with E-state index in [9.17, 15) is 4.39 Å². The first-order chi connectivity index (χ1) is 7.70. The van der Waals surface area contributed by atoms with Gasteiger partial charge in [-0.1, -0.05) is 42.8 Å². The van der Waals surface area contributed by atoms with Crippen LogP contribution in [0.1, 0.15) is 12.5 Å². The van der Waals surface area contributed by atoms with Gasteiger partial charge in [0.15, 0.2) is 0 Å². The monoisotopic (exact) mass is 235 g/mol. The van der Waals surface area contributed by atoms with Crippen LogP contribution in [0.4, 0.5) is 4.39 Å². The average molecular weight is 236 g/mol. The molecule has 0 saturated carbocycles. The molecule has 2 rings (SSSR count). The highest BCUT2D eigenvalue weighted by Gasteiger charge is 2.06. The van der Waals surface area contributed by atoms with Crippen LogP contribution in [0.2, 0.25) is 5.15 Å². The molecule has 0 unspecified atom stereocenters. The first-order valence-corrected chi connectivity index (χ1v) is 5.50. The number of rotatable bonds is 2. The molecule has 0 saturated heterocycles. The van der Waals surface area contributed by atoms with Crippen molar-refractivity contribution in [2.24, 2.45) is 0 Å². The van der Waals surface area contributed by atoms with E-state index in [-0.39, 0.29) is 5.15 Å². The second-order valence-corrected chi connectivity index (χ2v) is 3.91. The number of hydrogen-bond acceptors (Lipinski definition) is 1. The maximum atomic E-state index is 13.5. The molecule has 16 heavy (non-hydrogen) atoms. The molecule has 0 spiro atoms. The maximum absolute atomic E-state index is 13.5. The summed E-state index contributed by atoms with van der Waals surface area (Å²) >= 11 is 5.60. The first kappa shape index (κ1) is 11.1. The van der Waals surface area contributed by atoms with E-state index in [1.54, 1.807) is 12.1 Å². The van der Waals surface area contributed by atoms with Gasteiger partial charge in [-0.3, -0.25) is 0 Å². The molecule has 0 aliphatic rings. The van der Waals surface area contributed by atoms with E-state index in [1.165, 1.54) is 5.56 Å². The number of halogens is 2. The van der Waals surface area contributed by atoms with Crippen molar-refractivity contribution in [1.29, 1.82) is 0 Å². The first-order valence-electron chi connectivity index (χ1n) is 5.12. The molecule has 1 aromatic heterocycles. The van der Waals surface area contributed by atoms with Gasteiger partial charge in [0.05, 0.1) is 0 Å². The van der Waals surface area contributed by atoms with Gasteiger partial charge in [-0.15, -0.1) is 0 Å². The Hall–Kier alpha value is -1.41. The van der Waals surface area contributed by atoms with E-state index in [0.717, 1.165) is 12.0 Å². The zero-order valence-electron chi connectivity index (χ0n) is 8.87. The number of hydrogen-bond donors (Lipinski definition) is 0. The van der Waals surface area contributed by atoms with Crippen LogP contribution in [-0.4, -0.2) is 4.98 Å². The predicted octanol–water partition coefficient (Wildman–Crippen LogP) is 4.10. The summed E-state index contributed by atoms with van der Waals surface area (Å²) in [5.41, 5.74) is 2.53. The molecule has 0 fully saturated rings. The highest BCUT2D eigenvalue weighted by Crippen LogP contribution is 2.23. The van der Waals surface area contributed by atoms with Crippen LogP contribution in [0.15, 0.2) is 36.4 Å². The third-order valence-corrected chi connectivity index (χ3v) is 2.70. The number of nitrogens with zero attached hydrogens (tertiary/aromatic N) is 1. The van der Waals surface area contributed by atoms with E-state index < -0.39 is 5.95 Å². The van der Waals surface area contributed by atoms with E-state index in [0.29, 0.717) is 5.56 Å². The summed E-state index contributed by atoms with van der Waals surface area (Å²) in [5.74, 6) is -0.531. The summed E-state index contributed by atoms with van der Waals surface area (Å²) in [5, 5.41) is 0.173. The molecule has 1 nitrogen and oxygen atoms in total. The van der Waals surface area contributed by atoms with Gasteiger partial charge >= 0.3 is 0 Å². The Bertz CT molecular complexity index is 494. The molecule has 0 atom stereocenters. The lowest BCUT2D eigenvalue weighted by Gasteiger charge is -2.04. The van der Waals surface area contributed by atoms with Gasteiger partial charge in [-0.05, 0) is 29.7 Å². The van der Waals surface area contributed by atoms with E-state index in [4.69, 9.17) is 11.6 Å². The third kappa shape index (κ3) is 2.22. The third-order valence-electron chi connectivity index (χ3n) is 2.49. The smallest absolute Gasteiger partial charge is 0.207 e. The Balaban J connectivity index is 2.42. The second kappa shape index (κ2) is 4.62.